The van der Waals surface area contributed by atoms with E-state index in [-0.39, 0.29) is 34.0 Å². The highest BCUT2D eigenvalue weighted by Gasteiger charge is 2.21. The van der Waals surface area contributed by atoms with Gasteiger partial charge in [-0.3, -0.25) is 19.7 Å². The van der Waals surface area contributed by atoms with Crippen molar-refractivity contribution < 1.29 is 19.2 Å². The minimum absolute atomic E-state index is 0.107. The zero-order valence-electron chi connectivity index (χ0n) is 16.6. The number of rotatable bonds is 5. The number of ketones is 1. The molecule has 154 valence electrons. The number of nitro benzene ring substituents is 1. The number of aryl methyl sites for hydroxylation is 1. The van der Waals surface area contributed by atoms with Crippen molar-refractivity contribution >= 4 is 28.5 Å². The van der Waals surface area contributed by atoms with Crippen LogP contribution < -0.4 is 4.74 Å². The molecule has 31 heavy (non-hydrogen) atoms. The molecular weight excluding hydrogens is 400 g/mol. The zero-order chi connectivity index (χ0) is 22.1. The maximum atomic E-state index is 13.1. The lowest BCUT2D eigenvalue weighted by Crippen LogP contribution is -2.09. The highest BCUT2D eigenvalue weighted by molar-refractivity contribution is 6.12. The smallest absolute Gasteiger partial charge is 0.308 e. The van der Waals surface area contributed by atoms with Crippen LogP contribution in [0.3, 0.4) is 0 Å². The van der Waals surface area contributed by atoms with Gasteiger partial charge in [-0.05, 0) is 31.2 Å². The quantitative estimate of drug-likeness (QED) is 0.160. The molecule has 0 amide bonds. The largest absolute Gasteiger partial charge is 0.426 e. The topological polar surface area (TPSA) is 117 Å². The Morgan fingerprint density at radius 3 is 2.55 bits per heavy atom. The van der Waals surface area contributed by atoms with Crippen LogP contribution in [0.25, 0.3) is 16.7 Å². The summed E-state index contributed by atoms with van der Waals surface area (Å²) in [4.78, 5) is 39.7. The molecule has 0 radical (unpaired) electrons. The Hall–Kier alpha value is -4.40. The van der Waals surface area contributed by atoms with Crippen LogP contribution >= 0.6 is 0 Å². The van der Waals surface area contributed by atoms with E-state index in [1.54, 1.807) is 55.5 Å². The first-order chi connectivity index (χ1) is 14.9. The van der Waals surface area contributed by atoms with Crippen LogP contribution in [0.2, 0.25) is 0 Å². The lowest BCUT2D eigenvalue weighted by Gasteiger charge is -2.08. The lowest BCUT2D eigenvalue weighted by atomic mass is 10.0. The number of fused-ring (bicyclic) bond motifs is 1. The summed E-state index contributed by atoms with van der Waals surface area (Å²) < 4.78 is 6.53. The molecule has 0 bridgehead atoms. The van der Waals surface area contributed by atoms with Gasteiger partial charge >= 0.3 is 5.97 Å². The average molecular weight is 416 g/mol. The number of benzene rings is 2. The number of hydrogen-bond acceptors (Lipinski definition) is 7. The molecule has 0 fully saturated rings. The highest BCUT2D eigenvalue weighted by Crippen LogP contribution is 2.28. The summed E-state index contributed by atoms with van der Waals surface area (Å²) in [7, 11) is 0. The fourth-order valence-corrected chi connectivity index (χ4v) is 3.29. The number of para-hydroxylation sites is 3. The molecule has 0 saturated heterocycles. The highest BCUT2D eigenvalue weighted by atomic mass is 16.6. The van der Waals surface area contributed by atoms with Gasteiger partial charge in [0.05, 0.1) is 16.2 Å². The predicted molar refractivity (Wildman–Crippen MR) is 111 cm³/mol. The minimum atomic E-state index is -0.532. The molecule has 0 aliphatic heterocycles. The van der Waals surface area contributed by atoms with E-state index < -0.39 is 10.9 Å². The maximum absolute atomic E-state index is 13.1. The van der Waals surface area contributed by atoms with Gasteiger partial charge in [0.2, 0.25) is 0 Å². The van der Waals surface area contributed by atoms with Crippen molar-refractivity contribution in [1.82, 2.24) is 14.8 Å². The molecule has 2 aromatic heterocycles. The number of ether oxygens (including phenoxy) is 1. The number of esters is 1. The van der Waals surface area contributed by atoms with E-state index in [0.717, 1.165) is 0 Å². The van der Waals surface area contributed by atoms with Gasteiger partial charge < -0.3 is 4.74 Å². The van der Waals surface area contributed by atoms with Gasteiger partial charge in [0.1, 0.15) is 11.4 Å². The molecule has 0 aliphatic carbocycles. The van der Waals surface area contributed by atoms with Crippen LogP contribution in [0, 0.1) is 17.0 Å². The van der Waals surface area contributed by atoms with Gasteiger partial charge in [-0.25, -0.2) is 9.67 Å². The summed E-state index contributed by atoms with van der Waals surface area (Å²) in [5.41, 5.74) is 1.61. The fraction of sp³-hybridized carbons (Fsp3) is 0.0909. The molecule has 2 aromatic carbocycles. The number of carbonyl (C=O) groups excluding carboxylic acids is 2. The third-order valence-electron chi connectivity index (χ3n) is 4.66. The molecule has 0 unspecified atom stereocenters. The third kappa shape index (κ3) is 3.64. The second kappa shape index (κ2) is 7.79. The van der Waals surface area contributed by atoms with Crippen molar-refractivity contribution in [3.63, 3.8) is 0 Å². The Kier molecular flexibility index (Phi) is 5.00. The Balaban J connectivity index is 1.81. The van der Waals surface area contributed by atoms with Crippen molar-refractivity contribution in [2.75, 3.05) is 0 Å². The normalized spacial score (nSPS) is 10.8. The first-order valence-electron chi connectivity index (χ1n) is 9.28. The van der Waals surface area contributed by atoms with Crippen molar-refractivity contribution in [2.45, 2.75) is 13.8 Å². The number of nitrogens with zero attached hydrogens (tertiary/aromatic N) is 4. The Morgan fingerprint density at radius 2 is 1.81 bits per heavy atom. The molecule has 4 rings (SSSR count). The van der Waals surface area contributed by atoms with Crippen LogP contribution in [0.1, 0.15) is 28.5 Å². The van der Waals surface area contributed by atoms with Gasteiger partial charge in [0.25, 0.3) is 5.69 Å². The summed E-state index contributed by atoms with van der Waals surface area (Å²) >= 11 is 0. The minimum Gasteiger partial charge on any atom is -0.426 e. The van der Waals surface area contributed by atoms with E-state index in [4.69, 9.17) is 4.74 Å². The standard InChI is InChI=1S/C22H16N4O5/c1-13-17-11-15(21(28)16-7-3-6-10-20(16)31-14(2)27)12-23-22(17)25(24-13)18-8-4-5-9-19(18)26(29)30/h3-12H,1-2H3. The Labute approximate surface area is 176 Å². The fourth-order valence-electron chi connectivity index (χ4n) is 3.29. The summed E-state index contributed by atoms with van der Waals surface area (Å²) in [6.45, 7) is 2.99. The maximum Gasteiger partial charge on any atom is 0.308 e. The number of aromatic nitrogens is 3. The zero-order valence-corrected chi connectivity index (χ0v) is 16.6. The molecule has 0 aliphatic rings. The van der Waals surface area contributed by atoms with E-state index in [1.807, 2.05) is 0 Å². The molecule has 0 atom stereocenters. The monoisotopic (exact) mass is 416 g/mol. The Morgan fingerprint density at radius 1 is 1.10 bits per heavy atom. The molecule has 0 saturated carbocycles. The first kappa shape index (κ1) is 19.9. The van der Waals surface area contributed by atoms with Crippen molar-refractivity contribution in [2.24, 2.45) is 0 Å². The number of nitro groups is 1. The molecular formula is C22H16N4O5. The van der Waals surface area contributed by atoms with Crippen LogP contribution in [0.5, 0.6) is 5.75 Å². The van der Waals surface area contributed by atoms with Gasteiger partial charge in [-0.2, -0.15) is 5.10 Å². The molecule has 0 spiro atoms. The summed E-state index contributed by atoms with van der Waals surface area (Å²) in [6, 6.07) is 14.3. The van der Waals surface area contributed by atoms with E-state index in [2.05, 4.69) is 10.1 Å². The van der Waals surface area contributed by atoms with E-state index >= 15 is 0 Å². The van der Waals surface area contributed by atoms with Gasteiger partial charge in [0, 0.05) is 30.1 Å². The first-order valence-corrected chi connectivity index (χ1v) is 9.28. The average Bonchev–Trinajstić information content (AvgIpc) is 3.09. The lowest BCUT2D eigenvalue weighted by molar-refractivity contribution is -0.384. The molecule has 0 N–H and O–H groups in total. The van der Waals surface area contributed by atoms with Crippen LogP contribution in [0.4, 0.5) is 5.69 Å². The van der Waals surface area contributed by atoms with Crippen LogP contribution in [-0.2, 0) is 4.79 Å². The van der Waals surface area contributed by atoms with Crippen LogP contribution in [-0.4, -0.2) is 31.4 Å². The van der Waals surface area contributed by atoms with Gasteiger partial charge in [-0.1, -0.05) is 24.3 Å². The molecule has 9 heteroatoms. The summed E-state index contributed by atoms with van der Waals surface area (Å²) in [5, 5.41) is 16.4. The number of pyridine rings is 1. The predicted octanol–water partition coefficient (Wildman–Crippen LogP) is 3.79. The Bertz CT molecular complexity index is 1360. The number of carbonyl (C=O) groups is 2. The SMILES string of the molecule is CC(=O)Oc1ccccc1C(=O)c1cnc2c(c1)c(C)nn2-c1ccccc1[N+](=O)[O-]. The van der Waals surface area contributed by atoms with Crippen molar-refractivity contribution in [1.29, 1.82) is 0 Å². The number of hydrogen-bond donors (Lipinski definition) is 0. The van der Waals surface area contributed by atoms with Crippen LogP contribution in [0.15, 0.2) is 60.8 Å². The second-order valence-corrected chi connectivity index (χ2v) is 6.76. The van der Waals surface area contributed by atoms with Gasteiger partial charge in [-0.15, -0.1) is 0 Å². The van der Waals surface area contributed by atoms with Crippen molar-refractivity contribution in [3.05, 3.63) is 87.7 Å². The third-order valence-corrected chi connectivity index (χ3v) is 4.66. The van der Waals surface area contributed by atoms with E-state index in [1.165, 1.54) is 23.9 Å². The summed E-state index contributed by atoms with van der Waals surface area (Å²) in [6.07, 6.45) is 1.38. The van der Waals surface area contributed by atoms with E-state index in [0.29, 0.717) is 16.7 Å². The summed E-state index contributed by atoms with van der Waals surface area (Å²) in [5.74, 6) is -0.744. The molecule has 9 nitrogen and oxygen atoms in total. The second-order valence-electron chi connectivity index (χ2n) is 6.76. The van der Waals surface area contributed by atoms with Gasteiger partial charge in [0.15, 0.2) is 11.4 Å². The molecule has 2 heterocycles. The molecule has 4 aromatic rings. The van der Waals surface area contributed by atoms with E-state index in [9.17, 15) is 19.7 Å². The van der Waals surface area contributed by atoms with Crippen molar-refractivity contribution in [3.8, 4) is 11.4 Å².